The number of hydrogen-bond donors (Lipinski definition) is 3. The normalized spacial score (nSPS) is 15.2. The number of rotatable bonds is 6. The fourth-order valence-corrected chi connectivity index (χ4v) is 1.91. The minimum atomic E-state index is -1.06. The van der Waals surface area contributed by atoms with Crippen molar-refractivity contribution in [3.8, 4) is 5.75 Å². The number of urea groups is 1. The summed E-state index contributed by atoms with van der Waals surface area (Å²) in [6, 6.07) is 6.57. The maximum Gasteiger partial charge on any atom is 0.341 e. The lowest BCUT2D eigenvalue weighted by Gasteiger charge is -2.15. The Labute approximate surface area is 117 Å². The van der Waals surface area contributed by atoms with Crippen LogP contribution in [0.25, 0.3) is 0 Å². The number of ether oxygens (including phenoxy) is 1. The molecule has 0 heterocycles. The zero-order valence-electron chi connectivity index (χ0n) is 11.3. The summed E-state index contributed by atoms with van der Waals surface area (Å²) < 4.78 is 5.12. The molecule has 1 unspecified atom stereocenters. The second-order valence-corrected chi connectivity index (χ2v) is 4.90. The van der Waals surface area contributed by atoms with Crippen LogP contribution in [0.15, 0.2) is 24.3 Å². The molecule has 1 atom stereocenters. The molecule has 2 amide bonds. The largest absolute Gasteiger partial charge is 0.480 e. The number of nitrogens with one attached hydrogen (secondary N) is 2. The first-order valence-corrected chi connectivity index (χ1v) is 6.57. The quantitative estimate of drug-likeness (QED) is 0.743. The number of anilines is 1. The summed E-state index contributed by atoms with van der Waals surface area (Å²) in [6.45, 7) is 1.53. The van der Waals surface area contributed by atoms with Crippen molar-refractivity contribution in [1.82, 2.24) is 5.32 Å². The van der Waals surface area contributed by atoms with E-state index in [-0.39, 0.29) is 12.1 Å². The highest BCUT2D eigenvalue weighted by atomic mass is 16.5. The van der Waals surface area contributed by atoms with E-state index in [4.69, 9.17) is 9.84 Å². The van der Waals surface area contributed by atoms with Crippen molar-refractivity contribution in [2.75, 3.05) is 11.9 Å². The van der Waals surface area contributed by atoms with Crippen LogP contribution in [-0.2, 0) is 4.79 Å². The van der Waals surface area contributed by atoms with Crippen LogP contribution >= 0.6 is 0 Å². The van der Waals surface area contributed by atoms with Gasteiger partial charge in [-0.25, -0.2) is 9.59 Å². The third kappa shape index (κ3) is 4.15. The second-order valence-electron chi connectivity index (χ2n) is 4.90. The second kappa shape index (κ2) is 6.27. The Morgan fingerprint density at radius 1 is 1.40 bits per heavy atom. The fourth-order valence-electron chi connectivity index (χ4n) is 1.91. The Hall–Kier alpha value is -2.24. The van der Waals surface area contributed by atoms with Gasteiger partial charge in [0.15, 0.2) is 6.61 Å². The van der Waals surface area contributed by atoms with E-state index in [0.29, 0.717) is 17.4 Å². The topological polar surface area (TPSA) is 87.7 Å². The van der Waals surface area contributed by atoms with E-state index < -0.39 is 12.6 Å². The van der Waals surface area contributed by atoms with E-state index in [1.807, 2.05) is 6.92 Å². The van der Waals surface area contributed by atoms with Crippen LogP contribution in [0.2, 0.25) is 0 Å². The minimum absolute atomic E-state index is 0.141. The third-order valence-corrected chi connectivity index (χ3v) is 3.17. The highest BCUT2D eigenvalue weighted by Crippen LogP contribution is 2.32. The number of para-hydroxylation sites is 2. The Bertz CT molecular complexity index is 500. The molecule has 0 radical (unpaired) electrons. The zero-order valence-corrected chi connectivity index (χ0v) is 11.3. The summed E-state index contributed by atoms with van der Waals surface area (Å²) in [4.78, 5) is 22.4. The molecule has 0 aromatic heterocycles. The minimum Gasteiger partial charge on any atom is -0.480 e. The SMILES string of the molecule is CC(NC(=O)Nc1ccccc1OCC(=O)O)C1CC1. The summed E-state index contributed by atoms with van der Waals surface area (Å²) in [5, 5.41) is 14.2. The molecule has 6 nitrogen and oxygen atoms in total. The van der Waals surface area contributed by atoms with Gasteiger partial charge in [-0.15, -0.1) is 0 Å². The van der Waals surface area contributed by atoms with E-state index >= 15 is 0 Å². The molecule has 0 saturated heterocycles. The number of amides is 2. The summed E-state index contributed by atoms with van der Waals surface area (Å²) in [5.41, 5.74) is 0.453. The smallest absolute Gasteiger partial charge is 0.341 e. The molecule has 108 valence electrons. The summed E-state index contributed by atoms with van der Waals surface area (Å²) in [7, 11) is 0. The predicted molar refractivity (Wildman–Crippen MR) is 73.9 cm³/mol. The van der Waals surface area contributed by atoms with Crippen molar-refractivity contribution in [2.24, 2.45) is 5.92 Å². The molecule has 2 rings (SSSR count). The van der Waals surface area contributed by atoms with Gasteiger partial charge in [0, 0.05) is 6.04 Å². The van der Waals surface area contributed by atoms with E-state index in [0.717, 1.165) is 12.8 Å². The molecular formula is C14H18N2O4. The lowest BCUT2D eigenvalue weighted by molar-refractivity contribution is -0.139. The van der Waals surface area contributed by atoms with Gasteiger partial charge in [0.05, 0.1) is 5.69 Å². The van der Waals surface area contributed by atoms with Crippen LogP contribution in [-0.4, -0.2) is 29.8 Å². The van der Waals surface area contributed by atoms with Crippen molar-refractivity contribution >= 4 is 17.7 Å². The Balaban J connectivity index is 1.93. The number of carbonyl (C=O) groups is 2. The lowest BCUT2D eigenvalue weighted by atomic mass is 10.2. The van der Waals surface area contributed by atoms with E-state index in [1.54, 1.807) is 24.3 Å². The fraction of sp³-hybridized carbons (Fsp3) is 0.429. The summed E-state index contributed by atoms with van der Waals surface area (Å²) >= 11 is 0. The molecule has 6 heteroatoms. The molecule has 1 fully saturated rings. The first kappa shape index (κ1) is 14.2. The van der Waals surface area contributed by atoms with E-state index in [9.17, 15) is 9.59 Å². The van der Waals surface area contributed by atoms with Gasteiger partial charge in [0.1, 0.15) is 5.75 Å². The average molecular weight is 278 g/mol. The van der Waals surface area contributed by atoms with Crippen molar-refractivity contribution in [1.29, 1.82) is 0 Å². The van der Waals surface area contributed by atoms with Gasteiger partial charge in [-0.1, -0.05) is 12.1 Å². The van der Waals surface area contributed by atoms with Crippen LogP contribution in [0, 0.1) is 5.92 Å². The van der Waals surface area contributed by atoms with Crippen LogP contribution in [0.3, 0.4) is 0 Å². The van der Waals surface area contributed by atoms with Crippen LogP contribution in [0.5, 0.6) is 5.75 Å². The summed E-state index contributed by atoms with van der Waals surface area (Å²) in [6.07, 6.45) is 2.31. The number of aliphatic carboxylic acids is 1. The van der Waals surface area contributed by atoms with Gasteiger partial charge in [0.25, 0.3) is 0 Å². The number of carboxylic acids is 1. The number of carboxylic acid groups (broad SMARTS) is 1. The van der Waals surface area contributed by atoms with Crippen molar-refractivity contribution in [3.05, 3.63) is 24.3 Å². The number of carbonyl (C=O) groups excluding carboxylic acids is 1. The first-order valence-electron chi connectivity index (χ1n) is 6.57. The average Bonchev–Trinajstić information content (AvgIpc) is 3.21. The van der Waals surface area contributed by atoms with Gasteiger partial charge in [-0.2, -0.15) is 0 Å². The Kier molecular flexibility index (Phi) is 4.45. The first-order chi connectivity index (χ1) is 9.56. The monoisotopic (exact) mass is 278 g/mol. The van der Waals surface area contributed by atoms with Crippen LogP contribution in [0.4, 0.5) is 10.5 Å². The maximum atomic E-state index is 11.9. The van der Waals surface area contributed by atoms with Gasteiger partial charge in [-0.05, 0) is 37.8 Å². The Morgan fingerprint density at radius 2 is 2.10 bits per heavy atom. The molecule has 1 aliphatic rings. The van der Waals surface area contributed by atoms with Crippen LogP contribution in [0.1, 0.15) is 19.8 Å². The van der Waals surface area contributed by atoms with Crippen molar-refractivity contribution < 1.29 is 19.4 Å². The molecule has 0 bridgehead atoms. The molecule has 20 heavy (non-hydrogen) atoms. The molecular weight excluding hydrogens is 260 g/mol. The molecule has 1 aromatic rings. The van der Waals surface area contributed by atoms with Gasteiger partial charge in [0.2, 0.25) is 0 Å². The predicted octanol–water partition coefficient (Wildman–Crippen LogP) is 2.07. The van der Waals surface area contributed by atoms with Gasteiger partial charge < -0.3 is 20.5 Å². The molecule has 0 spiro atoms. The molecule has 3 N–H and O–H groups in total. The van der Waals surface area contributed by atoms with E-state index in [2.05, 4.69) is 10.6 Å². The summed E-state index contributed by atoms with van der Waals surface area (Å²) in [5.74, 6) is -0.157. The van der Waals surface area contributed by atoms with Crippen molar-refractivity contribution in [3.63, 3.8) is 0 Å². The zero-order chi connectivity index (χ0) is 14.5. The molecule has 1 aliphatic carbocycles. The standard InChI is InChI=1S/C14H18N2O4/c1-9(10-6-7-10)15-14(19)16-11-4-2-3-5-12(11)20-8-13(17)18/h2-5,9-10H,6-8H2,1H3,(H,17,18)(H2,15,16,19). The van der Waals surface area contributed by atoms with Crippen molar-refractivity contribution in [2.45, 2.75) is 25.8 Å². The lowest BCUT2D eigenvalue weighted by Crippen LogP contribution is -2.37. The molecule has 0 aliphatic heterocycles. The van der Waals surface area contributed by atoms with Gasteiger partial charge >= 0.3 is 12.0 Å². The van der Waals surface area contributed by atoms with Crippen LogP contribution < -0.4 is 15.4 Å². The molecule has 1 saturated carbocycles. The third-order valence-electron chi connectivity index (χ3n) is 3.17. The van der Waals surface area contributed by atoms with E-state index in [1.165, 1.54) is 0 Å². The number of hydrogen-bond acceptors (Lipinski definition) is 3. The van der Waals surface area contributed by atoms with Gasteiger partial charge in [-0.3, -0.25) is 0 Å². The Morgan fingerprint density at radius 3 is 2.75 bits per heavy atom. The maximum absolute atomic E-state index is 11.9. The number of benzene rings is 1. The molecule has 1 aromatic carbocycles. The highest BCUT2D eigenvalue weighted by Gasteiger charge is 2.28. The highest BCUT2D eigenvalue weighted by molar-refractivity contribution is 5.91.